The molecule has 0 bridgehead atoms. The molecule has 124 valence electrons. The minimum absolute atomic E-state index is 0.574. The first-order chi connectivity index (χ1) is 11.2. The van der Waals surface area contributed by atoms with Gasteiger partial charge in [0.15, 0.2) is 0 Å². The van der Waals surface area contributed by atoms with Gasteiger partial charge in [-0.3, -0.25) is 0 Å². The number of likely N-dealkylation sites (tertiary alicyclic amines) is 1. The van der Waals surface area contributed by atoms with E-state index in [0.717, 1.165) is 5.82 Å². The van der Waals surface area contributed by atoms with E-state index in [9.17, 15) is 0 Å². The van der Waals surface area contributed by atoms with E-state index >= 15 is 0 Å². The minimum atomic E-state index is 0.574. The van der Waals surface area contributed by atoms with Crippen LogP contribution in [0.15, 0.2) is 41.6 Å². The number of thioether (sulfide) groups is 1. The number of aromatic nitrogens is 3. The summed E-state index contributed by atoms with van der Waals surface area (Å²) in [5.74, 6) is 2.91. The van der Waals surface area contributed by atoms with Crippen LogP contribution in [0.3, 0.4) is 0 Å². The third kappa shape index (κ3) is 4.36. The topological polar surface area (TPSA) is 34.0 Å². The average molecular weight is 331 g/mol. The molecule has 1 aliphatic rings. The van der Waals surface area contributed by atoms with Gasteiger partial charge in [-0.15, -0.1) is 22.0 Å². The number of hydrogen-bond acceptors (Lipinski definition) is 4. The predicted octanol–water partition coefficient (Wildman–Crippen LogP) is 3.57. The molecule has 1 fully saturated rings. The van der Waals surface area contributed by atoms with Crippen molar-refractivity contribution < 1.29 is 0 Å². The number of hydrogen-bond donors (Lipinski definition) is 0. The van der Waals surface area contributed by atoms with Crippen LogP contribution in [0, 0.1) is 0 Å². The highest BCUT2D eigenvalue weighted by Gasteiger charge is 2.25. The van der Waals surface area contributed by atoms with Gasteiger partial charge in [0.1, 0.15) is 12.2 Å². The van der Waals surface area contributed by atoms with Gasteiger partial charge in [-0.1, -0.05) is 18.2 Å². The van der Waals surface area contributed by atoms with Crippen LogP contribution in [-0.2, 0) is 7.05 Å². The lowest BCUT2D eigenvalue weighted by atomic mass is 9.95. The van der Waals surface area contributed by atoms with Gasteiger partial charge in [0.05, 0.1) is 0 Å². The Balaban J connectivity index is 1.41. The summed E-state index contributed by atoms with van der Waals surface area (Å²) in [6.07, 6.45) is 5.45. The summed E-state index contributed by atoms with van der Waals surface area (Å²) < 4.78 is 2.07. The lowest BCUT2D eigenvalue weighted by Crippen LogP contribution is -2.40. The zero-order valence-electron chi connectivity index (χ0n) is 14.1. The molecular weight excluding hydrogens is 304 g/mol. The first-order valence-corrected chi connectivity index (χ1v) is 9.48. The van der Waals surface area contributed by atoms with E-state index in [4.69, 9.17) is 0 Å². The van der Waals surface area contributed by atoms with E-state index in [1.165, 1.54) is 43.0 Å². The number of nitrogens with zero attached hydrogens (tertiary/aromatic N) is 4. The number of benzene rings is 1. The van der Waals surface area contributed by atoms with Crippen molar-refractivity contribution in [2.24, 2.45) is 7.05 Å². The lowest BCUT2D eigenvalue weighted by Gasteiger charge is -2.35. The molecule has 1 aliphatic heterocycles. The molecule has 0 radical (unpaired) electrons. The van der Waals surface area contributed by atoms with Crippen LogP contribution in [0.1, 0.15) is 37.9 Å². The molecule has 1 aromatic heterocycles. The van der Waals surface area contributed by atoms with Crippen molar-refractivity contribution in [3.8, 4) is 0 Å². The number of piperidine rings is 1. The van der Waals surface area contributed by atoms with Crippen molar-refractivity contribution in [3.63, 3.8) is 0 Å². The van der Waals surface area contributed by atoms with E-state index in [2.05, 4.69) is 56.9 Å². The van der Waals surface area contributed by atoms with Crippen LogP contribution in [-0.4, -0.2) is 44.5 Å². The van der Waals surface area contributed by atoms with Crippen LogP contribution in [0.4, 0.5) is 0 Å². The van der Waals surface area contributed by atoms with Crippen molar-refractivity contribution in [1.29, 1.82) is 0 Å². The molecule has 0 amide bonds. The molecule has 5 heteroatoms. The van der Waals surface area contributed by atoms with Gasteiger partial charge in [-0.05, 0) is 57.2 Å². The summed E-state index contributed by atoms with van der Waals surface area (Å²) in [6, 6.07) is 11.4. The van der Waals surface area contributed by atoms with Gasteiger partial charge in [0.25, 0.3) is 0 Å². The molecule has 4 nitrogen and oxygen atoms in total. The Morgan fingerprint density at radius 1 is 1.22 bits per heavy atom. The quantitative estimate of drug-likeness (QED) is 0.758. The molecule has 23 heavy (non-hydrogen) atoms. The maximum atomic E-state index is 4.28. The normalized spacial score (nSPS) is 18.2. The number of rotatable bonds is 6. The van der Waals surface area contributed by atoms with Gasteiger partial charge in [-0.25, -0.2) is 0 Å². The zero-order valence-corrected chi connectivity index (χ0v) is 14.9. The van der Waals surface area contributed by atoms with Gasteiger partial charge < -0.3 is 9.47 Å². The fourth-order valence-electron chi connectivity index (χ4n) is 3.31. The molecule has 1 atom stereocenters. The highest BCUT2D eigenvalue weighted by atomic mass is 32.2. The molecule has 0 N–H and O–H groups in total. The summed E-state index contributed by atoms with van der Waals surface area (Å²) in [6.45, 7) is 4.72. The average Bonchev–Trinajstić information content (AvgIpc) is 3.02. The molecule has 0 aliphatic carbocycles. The SMILES string of the molecule is C[C@@H](CCSc1ccccc1)N1CCC(c2nncn2C)CC1. The highest BCUT2D eigenvalue weighted by molar-refractivity contribution is 7.99. The Morgan fingerprint density at radius 3 is 2.61 bits per heavy atom. The van der Waals surface area contributed by atoms with Gasteiger partial charge in [-0.2, -0.15) is 0 Å². The molecule has 1 saturated heterocycles. The van der Waals surface area contributed by atoms with Crippen molar-refractivity contribution in [3.05, 3.63) is 42.5 Å². The fourth-order valence-corrected chi connectivity index (χ4v) is 4.35. The number of aryl methyl sites for hydroxylation is 1. The van der Waals surface area contributed by atoms with Crippen LogP contribution < -0.4 is 0 Å². The molecule has 2 aromatic rings. The predicted molar refractivity (Wildman–Crippen MR) is 95.8 cm³/mol. The van der Waals surface area contributed by atoms with Crippen LogP contribution >= 0.6 is 11.8 Å². The maximum absolute atomic E-state index is 4.28. The van der Waals surface area contributed by atoms with Crippen LogP contribution in [0.2, 0.25) is 0 Å². The van der Waals surface area contributed by atoms with E-state index in [1.807, 2.05) is 25.1 Å². The first-order valence-electron chi connectivity index (χ1n) is 8.50. The van der Waals surface area contributed by atoms with Crippen molar-refractivity contribution in [2.75, 3.05) is 18.8 Å². The zero-order chi connectivity index (χ0) is 16.1. The second-order valence-corrected chi connectivity index (χ2v) is 7.58. The first kappa shape index (κ1) is 16.5. The highest BCUT2D eigenvalue weighted by Crippen LogP contribution is 2.28. The molecule has 0 unspecified atom stereocenters. The van der Waals surface area contributed by atoms with E-state index in [-0.39, 0.29) is 0 Å². The molecule has 0 spiro atoms. The molecule has 0 saturated carbocycles. The lowest BCUT2D eigenvalue weighted by molar-refractivity contribution is 0.156. The van der Waals surface area contributed by atoms with Crippen molar-refractivity contribution in [2.45, 2.75) is 43.0 Å². The molecular formula is C18H26N4S. The Bertz CT molecular complexity index is 590. The van der Waals surface area contributed by atoms with Crippen LogP contribution in [0.25, 0.3) is 0 Å². The maximum Gasteiger partial charge on any atom is 0.135 e. The molecule has 2 heterocycles. The fraction of sp³-hybridized carbons (Fsp3) is 0.556. The smallest absolute Gasteiger partial charge is 0.135 e. The van der Waals surface area contributed by atoms with Gasteiger partial charge in [0.2, 0.25) is 0 Å². The molecule has 1 aromatic carbocycles. The Kier molecular flexibility index (Phi) is 5.73. The summed E-state index contributed by atoms with van der Waals surface area (Å²) >= 11 is 1.97. The van der Waals surface area contributed by atoms with Gasteiger partial charge >= 0.3 is 0 Å². The third-order valence-electron chi connectivity index (χ3n) is 4.81. The third-order valence-corrected chi connectivity index (χ3v) is 5.86. The van der Waals surface area contributed by atoms with Crippen molar-refractivity contribution >= 4 is 11.8 Å². The second-order valence-electron chi connectivity index (χ2n) is 6.41. The van der Waals surface area contributed by atoms with Gasteiger partial charge in [0, 0.05) is 23.9 Å². The Labute approximate surface area is 143 Å². The van der Waals surface area contributed by atoms with E-state index < -0.39 is 0 Å². The summed E-state index contributed by atoms with van der Waals surface area (Å²) in [5.41, 5.74) is 0. The summed E-state index contributed by atoms with van der Waals surface area (Å²) in [4.78, 5) is 4.01. The monoisotopic (exact) mass is 330 g/mol. The molecule has 3 rings (SSSR count). The standard InChI is InChI=1S/C18H26N4S/c1-15(10-13-23-17-6-4-3-5-7-17)22-11-8-16(9-12-22)18-20-19-14-21(18)2/h3-7,14-16H,8-13H2,1-2H3/t15-/m0/s1. The largest absolute Gasteiger partial charge is 0.320 e. The Hall–Kier alpha value is -1.33. The summed E-state index contributed by atoms with van der Waals surface area (Å²) in [7, 11) is 2.05. The summed E-state index contributed by atoms with van der Waals surface area (Å²) in [5, 5.41) is 8.30. The van der Waals surface area contributed by atoms with E-state index in [1.54, 1.807) is 0 Å². The van der Waals surface area contributed by atoms with Crippen molar-refractivity contribution in [1.82, 2.24) is 19.7 Å². The minimum Gasteiger partial charge on any atom is -0.320 e. The van der Waals surface area contributed by atoms with Crippen LogP contribution in [0.5, 0.6) is 0 Å². The van der Waals surface area contributed by atoms with E-state index in [0.29, 0.717) is 12.0 Å². The Morgan fingerprint density at radius 2 is 1.96 bits per heavy atom. The second kappa shape index (κ2) is 7.97.